The van der Waals surface area contributed by atoms with E-state index in [0.29, 0.717) is 5.76 Å². The number of ketones is 2. The summed E-state index contributed by atoms with van der Waals surface area (Å²) in [5.41, 5.74) is 0. The lowest BCUT2D eigenvalue weighted by Gasteiger charge is -2.08. The van der Waals surface area contributed by atoms with E-state index in [4.69, 9.17) is 4.74 Å². The van der Waals surface area contributed by atoms with E-state index in [9.17, 15) is 9.59 Å². The first-order chi connectivity index (χ1) is 4.74. The quantitative estimate of drug-likeness (QED) is 0.496. The van der Waals surface area contributed by atoms with Crippen LogP contribution in [-0.4, -0.2) is 18.7 Å². The molecule has 0 saturated heterocycles. The van der Waals surface area contributed by atoms with Gasteiger partial charge in [0.2, 0.25) is 11.6 Å². The maximum atomic E-state index is 10.7. The van der Waals surface area contributed by atoms with E-state index in [1.807, 2.05) is 0 Å². The summed E-state index contributed by atoms with van der Waals surface area (Å²) in [6.07, 6.45) is 1.97. The van der Waals surface area contributed by atoms with E-state index in [1.165, 1.54) is 7.11 Å². The Labute approximate surface area is 58.7 Å². The highest BCUT2D eigenvalue weighted by molar-refractivity contribution is 6.38. The Balaban J connectivity index is 2.70. The molecule has 0 aromatic heterocycles. The monoisotopic (exact) mass is 140 g/mol. The van der Waals surface area contributed by atoms with Gasteiger partial charge in [-0.25, -0.2) is 0 Å². The van der Waals surface area contributed by atoms with Crippen molar-refractivity contribution in [1.82, 2.24) is 0 Å². The zero-order valence-corrected chi connectivity index (χ0v) is 5.72. The van der Waals surface area contributed by atoms with Crippen LogP contribution in [0.1, 0.15) is 12.8 Å². The first kappa shape index (κ1) is 6.99. The van der Waals surface area contributed by atoms with Crippen molar-refractivity contribution < 1.29 is 14.3 Å². The lowest BCUT2D eigenvalue weighted by Crippen LogP contribution is -2.18. The first-order valence-corrected chi connectivity index (χ1v) is 3.03. The van der Waals surface area contributed by atoms with Crippen LogP contribution in [0.4, 0.5) is 0 Å². The van der Waals surface area contributed by atoms with Gasteiger partial charge < -0.3 is 4.74 Å². The predicted octanol–water partition coefficient (Wildman–Crippen LogP) is 0.449. The second-order valence-corrected chi connectivity index (χ2v) is 2.10. The second-order valence-electron chi connectivity index (χ2n) is 2.10. The average molecular weight is 140 g/mol. The number of hydrogen-bond donors (Lipinski definition) is 0. The zero-order valence-electron chi connectivity index (χ0n) is 5.72. The molecule has 0 heterocycles. The number of methoxy groups -OCH3 is 1. The van der Waals surface area contributed by atoms with Crippen LogP contribution in [0.5, 0.6) is 0 Å². The Bertz CT molecular complexity index is 203. The molecule has 0 unspecified atom stereocenters. The molecule has 0 aliphatic heterocycles. The Hall–Kier alpha value is -1.12. The van der Waals surface area contributed by atoms with E-state index < -0.39 is 0 Å². The van der Waals surface area contributed by atoms with Crippen molar-refractivity contribution in [2.24, 2.45) is 0 Å². The molecule has 3 nitrogen and oxygen atoms in total. The third-order valence-corrected chi connectivity index (χ3v) is 1.42. The van der Waals surface area contributed by atoms with Crippen LogP contribution in [0, 0.1) is 0 Å². The Morgan fingerprint density at radius 3 is 2.60 bits per heavy atom. The van der Waals surface area contributed by atoms with Gasteiger partial charge in [-0.2, -0.15) is 0 Å². The summed E-state index contributed by atoms with van der Waals surface area (Å²) >= 11 is 0. The van der Waals surface area contributed by atoms with Crippen molar-refractivity contribution in [3.8, 4) is 0 Å². The van der Waals surface area contributed by atoms with E-state index in [1.54, 1.807) is 6.08 Å². The summed E-state index contributed by atoms with van der Waals surface area (Å²) in [7, 11) is 1.49. The molecule has 0 aromatic carbocycles. The van der Waals surface area contributed by atoms with Gasteiger partial charge in [-0.05, 0) is 6.08 Å². The third kappa shape index (κ3) is 1.23. The maximum Gasteiger partial charge on any atom is 0.206 e. The minimum absolute atomic E-state index is 0.134. The maximum absolute atomic E-state index is 10.7. The molecule has 0 spiro atoms. The van der Waals surface area contributed by atoms with Crippen molar-refractivity contribution in [2.45, 2.75) is 12.8 Å². The van der Waals surface area contributed by atoms with Gasteiger partial charge in [0.05, 0.1) is 19.3 Å². The normalized spacial score (nSPS) is 18.7. The van der Waals surface area contributed by atoms with Crippen molar-refractivity contribution >= 4 is 11.6 Å². The Morgan fingerprint density at radius 1 is 1.40 bits per heavy atom. The Kier molecular flexibility index (Phi) is 1.85. The molecular weight excluding hydrogens is 132 g/mol. The predicted molar refractivity (Wildman–Crippen MR) is 34.3 cm³/mol. The van der Waals surface area contributed by atoms with Crippen LogP contribution in [0.25, 0.3) is 0 Å². The van der Waals surface area contributed by atoms with Crippen LogP contribution in [0.15, 0.2) is 11.8 Å². The van der Waals surface area contributed by atoms with Gasteiger partial charge in [-0.15, -0.1) is 0 Å². The number of carbonyl (C=O) groups excluding carboxylic acids is 2. The minimum Gasteiger partial charge on any atom is -0.501 e. The van der Waals surface area contributed by atoms with Crippen LogP contribution >= 0.6 is 0 Å². The molecule has 1 rings (SSSR count). The summed E-state index contributed by atoms with van der Waals surface area (Å²) < 4.78 is 4.80. The summed E-state index contributed by atoms with van der Waals surface area (Å²) in [6.45, 7) is 0. The van der Waals surface area contributed by atoms with Gasteiger partial charge in [0, 0.05) is 6.42 Å². The van der Waals surface area contributed by atoms with Crippen LogP contribution in [0.2, 0.25) is 0 Å². The third-order valence-electron chi connectivity index (χ3n) is 1.42. The summed E-state index contributed by atoms with van der Waals surface area (Å²) in [6, 6.07) is 0. The number of Topliss-reactive ketones (excluding diaryl/α,β-unsaturated/α-hetero) is 2. The second kappa shape index (κ2) is 2.64. The molecule has 1 aliphatic rings. The summed E-state index contributed by atoms with van der Waals surface area (Å²) in [5, 5.41) is 0. The van der Waals surface area contributed by atoms with Gasteiger partial charge in [0.25, 0.3) is 0 Å². The van der Waals surface area contributed by atoms with E-state index in [0.717, 1.165) is 0 Å². The zero-order chi connectivity index (χ0) is 7.56. The van der Waals surface area contributed by atoms with Crippen molar-refractivity contribution in [1.29, 1.82) is 0 Å². The highest BCUT2D eigenvalue weighted by Crippen LogP contribution is 2.11. The molecule has 0 bridgehead atoms. The molecule has 0 N–H and O–H groups in total. The fraction of sp³-hybridized carbons (Fsp3) is 0.429. The smallest absolute Gasteiger partial charge is 0.206 e. The summed E-state index contributed by atoms with van der Waals surface area (Å²) in [5.74, 6) is -0.0650. The molecule has 10 heavy (non-hydrogen) atoms. The van der Waals surface area contributed by atoms with Crippen molar-refractivity contribution in [2.75, 3.05) is 7.11 Å². The largest absolute Gasteiger partial charge is 0.501 e. The van der Waals surface area contributed by atoms with Gasteiger partial charge >= 0.3 is 0 Å². The van der Waals surface area contributed by atoms with Gasteiger partial charge in [0.15, 0.2) is 0 Å². The molecule has 0 amide bonds. The molecule has 0 atom stereocenters. The minimum atomic E-state index is -0.348. The number of allylic oxidation sites excluding steroid dienone is 2. The Morgan fingerprint density at radius 2 is 2.10 bits per heavy atom. The highest BCUT2D eigenvalue weighted by atomic mass is 16.5. The number of rotatable bonds is 1. The van der Waals surface area contributed by atoms with Gasteiger partial charge in [-0.3, -0.25) is 9.59 Å². The van der Waals surface area contributed by atoms with Crippen LogP contribution in [-0.2, 0) is 14.3 Å². The molecule has 1 aliphatic carbocycles. The van der Waals surface area contributed by atoms with Gasteiger partial charge in [-0.1, -0.05) is 0 Å². The molecule has 0 saturated carbocycles. The highest BCUT2D eigenvalue weighted by Gasteiger charge is 2.19. The number of hydrogen-bond acceptors (Lipinski definition) is 3. The fourth-order valence-corrected chi connectivity index (χ4v) is 0.805. The first-order valence-electron chi connectivity index (χ1n) is 3.03. The van der Waals surface area contributed by atoms with Gasteiger partial charge in [0.1, 0.15) is 0 Å². The lowest BCUT2D eigenvalue weighted by atomic mass is 10.0. The molecular formula is C7H8O3. The lowest BCUT2D eigenvalue weighted by molar-refractivity contribution is -0.136. The van der Waals surface area contributed by atoms with Crippen molar-refractivity contribution in [3.63, 3.8) is 0 Å². The topological polar surface area (TPSA) is 43.4 Å². The average Bonchev–Trinajstić information content (AvgIpc) is 1.95. The molecule has 3 heteroatoms. The van der Waals surface area contributed by atoms with E-state index in [-0.39, 0.29) is 24.4 Å². The van der Waals surface area contributed by atoms with Crippen LogP contribution < -0.4 is 0 Å². The molecule has 0 radical (unpaired) electrons. The molecule has 0 fully saturated rings. The summed E-state index contributed by atoms with van der Waals surface area (Å²) in [4.78, 5) is 21.3. The van der Waals surface area contributed by atoms with E-state index in [2.05, 4.69) is 0 Å². The van der Waals surface area contributed by atoms with Crippen LogP contribution in [0.3, 0.4) is 0 Å². The SMILES string of the molecule is COC1=CCC(=O)C(=O)C1. The van der Waals surface area contributed by atoms with Crippen molar-refractivity contribution in [3.05, 3.63) is 11.8 Å². The number of carbonyl (C=O) groups is 2. The standard InChI is InChI=1S/C7H8O3/c1-10-5-2-3-6(8)7(9)4-5/h2H,3-4H2,1H3. The fourth-order valence-electron chi connectivity index (χ4n) is 0.805. The number of ether oxygens (including phenoxy) is 1. The molecule has 54 valence electrons. The molecule has 0 aromatic rings. The van der Waals surface area contributed by atoms with E-state index >= 15 is 0 Å².